The van der Waals surface area contributed by atoms with Crippen molar-refractivity contribution in [2.24, 2.45) is 0 Å². The Morgan fingerprint density at radius 1 is 1.39 bits per heavy atom. The van der Waals surface area contributed by atoms with Crippen molar-refractivity contribution in [2.75, 3.05) is 13.7 Å². The summed E-state index contributed by atoms with van der Waals surface area (Å²) >= 11 is 5.78. The molecule has 0 aliphatic heterocycles. The van der Waals surface area contributed by atoms with Crippen LogP contribution in [0.3, 0.4) is 0 Å². The standard InChI is InChI=1S/C12H11ClN2O3/c1-3-18-11(16)10-8-6-7(17-2)4-5-9(8)14-12(13)15-10/h4-6H,3H2,1-2H3. The molecule has 0 atom stereocenters. The second-order valence-electron chi connectivity index (χ2n) is 3.44. The van der Waals surface area contributed by atoms with Crippen LogP contribution < -0.4 is 4.74 Å². The number of benzene rings is 1. The molecule has 2 aromatic rings. The summed E-state index contributed by atoms with van der Waals surface area (Å²) in [6, 6.07) is 5.13. The van der Waals surface area contributed by atoms with Crippen LogP contribution in [-0.2, 0) is 4.74 Å². The van der Waals surface area contributed by atoms with Gasteiger partial charge in [-0.15, -0.1) is 0 Å². The van der Waals surface area contributed by atoms with Crippen LogP contribution in [-0.4, -0.2) is 29.7 Å². The average Bonchev–Trinajstić information content (AvgIpc) is 2.37. The van der Waals surface area contributed by atoms with Crippen molar-refractivity contribution < 1.29 is 14.3 Å². The minimum Gasteiger partial charge on any atom is -0.497 e. The number of carbonyl (C=O) groups is 1. The molecule has 1 aromatic heterocycles. The van der Waals surface area contributed by atoms with Crippen molar-refractivity contribution >= 4 is 28.5 Å². The van der Waals surface area contributed by atoms with Crippen molar-refractivity contribution in [1.29, 1.82) is 0 Å². The minimum absolute atomic E-state index is 0.00993. The highest BCUT2D eigenvalue weighted by Gasteiger charge is 2.16. The van der Waals surface area contributed by atoms with Crippen LogP contribution in [0.25, 0.3) is 10.9 Å². The lowest BCUT2D eigenvalue weighted by Crippen LogP contribution is -2.09. The van der Waals surface area contributed by atoms with E-state index in [4.69, 9.17) is 21.1 Å². The van der Waals surface area contributed by atoms with Crippen molar-refractivity contribution in [2.45, 2.75) is 6.92 Å². The fraction of sp³-hybridized carbons (Fsp3) is 0.250. The number of esters is 1. The largest absolute Gasteiger partial charge is 0.497 e. The van der Waals surface area contributed by atoms with Crippen LogP contribution in [0.2, 0.25) is 5.28 Å². The Balaban J connectivity index is 2.65. The van der Waals surface area contributed by atoms with Gasteiger partial charge >= 0.3 is 5.97 Å². The van der Waals surface area contributed by atoms with Gasteiger partial charge in [-0.2, -0.15) is 0 Å². The summed E-state index contributed by atoms with van der Waals surface area (Å²) in [5.74, 6) is 0.0824. The van der Waals surface area contributed by atoms with Gasteiger partial charge in [0.2, 0.25) is 5.28 Å². The predicted molar refractivity (Wildman–Crippen MR) is 67.1 cm³/mol. The first-order valence-corrected chi connectivity index (χ1v) is 5.72. The summed E-state index contributed by atoms with van der Waals surface area (Å²) in [5.41, 5.74) is 0.713. The number of hydrogen-bond donors (Lipinski definition) is 0. The number of carbonyl (C=O) groups excluding carboxylic acids is 1. The Kier molecular flexibility index (Phi) is 3.62. The Labute approximate surface area is 109 Å². The molecule has 5 nitrogen and oxygen atoms in total. The van der Waals surface area contributed by atoms with E-state index >= 15 is 0 Å². The van der Waals surface area contributed by atoms with E-state index in [0.717, 1.165) is 0 Å². The van der Waals surface area contributed by atoms with E-state index in [1.54, 1.807) is 32.2 Å². The van der Waals surface area contributed by atoms with Crippen LogP contribution in [0.1, 0.15) is 17.4 Å². The molecule has 0 bridgehead atoms. The monoisotopic (exact) mass is 266 g/mol. The molecule has 1 aromatic carbocycles. The normalized spacial score (nSPS) is 10.4. The van der Waals surface area contributed by atoms with Crippen LogP contribution in [0, 0.1) is 0 Å². The number of halogens is 1. The maximum Gasteiger partial charge on any atom is 0.357 e. The molecule has 18 heavy (non-hydrogen) atoms. The van der Waals surface area contributed by atoms with Crippen LogP contribution in [0.4, 0.5) is 0 Å². The number of aromatic nitrogens is 2. The van der Waals surface area contributed by atoms with Gasteiger partial charge in [0.25, 0.3) is 0 Å². The van der Waals surface area contributed by atoms with Crippen molar-refractivity contribution in [3.63, 3.8) is 0 Å². The third kappa shape index (κ3) is 2.36. The van der Waals surface area contributed by atoms with Gasteiger partial charge in [-0.1, -0.05) is 0 Å². The molecule has 6 heteroatoms. The average molecular weight is 267 g/mol. The van der Waals surface area contributed by atoms with E-state index in [9.17, 15) is 4.79 Å². The highest BCUT2D eigenvalue weighted by atomic mass is 35.5. The lowest BCUT2D eigenvalue weighted by molar-refractivity contribution is 0.0522. The van der Waals surface area contributed by atoms with Gasteiger partial charge in [0, 0.05) is 5.39 Å². The molecule has 0 spiro atoms. The zero-order chi connectivity index (χ0) is 13.1. The summed E-state index contributed by atoms with van der Waals surface area (Å²) in [6.07, 6.45) is 0. The SMILES string of the molecule is CCOC(=O)c1nc(Cl)nc2ccc(OC)cc12. The number of hydrogen-bond acceptors (Lipinski definition) is 5. The highest BCUT2D eigenvalue weighted by Crippen LogP contribution is 2.23. The predicted octanol–water partition coefficient (Wildman–Crippen LogP) is 2.47. The summed E-state index contributed by atoms with van der Waals surface area (Å²) in [7, 11) is 1.54. The zero-order valence-electron chi connectivity index (χ0n) is 9.94. The molecular weight excluding hydrogens is 256 g/mol. The van der Waals surface area contributed by atoms with Gasteiger partial charge in [-0.3, -0.25) is 0 Å². The second-order valence-corrected chi connectivity index (χ2v) is 3.78. The van der Waals surface area contributed by atoms with E-state index in [-0.39, 0.29) is 17.6 Å². The number of ether oxygens (including phenoxy) is 2. The smallest absolute Gasteiger partial charge is 0.357 e. The third-order valence-corrected chi connectivity index (χ3v) is 2.51. The zero-order valence-corrected chi connectivity index (χ0v) is 10.7. The third-order valence-electron chi connectivity index (χ3n) is 2.34. The highest BCUT2D eigenvalue weighted by molar-refractivity contribution is 6.29. The summed E-state index contributed by atoms with van der Waals surface area (Å²) in [5, 5.41) is 0.563. The van der Waals surface area contributed by atoms with Gasteiger partial charge < -0.3 is 9.47 Å². The molecular formula is C12H11ClN2O3. The van der Waals surface area contributed by atoms with Crippen LogP contribution >= 0.6 is 11.6 Å². The fourth-order valence-electron chi connectivity index (χ4n) is 1.56. The molecule has 0 aliphatic rings. The topological polar surface area (TPSA) is 61.3 Å². The fourth-order valence-corrected chi connectivity index (χ4v) is 1.74. The van der Waals surface area contributed by atoms with Gasteiger partial charge in [0.15, 0.2) is 5.69 Å². The van der Waals surface area contributed by atoms with Gasteiger partial charge in [-0.05, 0) is 36.7 Å². The van der Waals surface area contributed by atoms with Crippen molar-refractivity contribution in [3.05, 3.63) is 29.2 Å². The van der Waals surface area contributed by atoms with E-state index in [2.05, 4.69) is 9.97 Å². The lowest BCUT2D eigenvalue weighted by atomic mass is 10.2. The molecule has 2 rings (SSSR count). The van der Waals surface area contributed by atoms with E-state index in [1.165, 1.54) is 0 Å². The molecule has 0 amide bonds. The molecule has 0 saturated heterocycles. The van der Waals surface area contributed by atoms with Gasteiger partial charge in [-0.25, -0.2) is 14.8 Å². The molecule has 0 unspecified atom stereocenters. The molecule has 0 saturated carbocycles. The van der Waals surface area contributed by atoms with Crippen molar-refractivity contribution in [1.82, 2.24) is 9.97 Å². The van der Waals surface area contributed by atoms with Gasteiger partial charge in [0.1, 0.15) is 5.75 Å². The molecule has 0 N–H and O–H groups in total. The number of fused-ring (bicyclic) bond motifs is 1. The Bertz CT molecular complexity index is 601. The molecule has 0 aliphatic carbocycles. The van der Waals surface area contributed by atoms with Crippen LogP contribution in [0.15, 0.2) is 18.2 Å². The van der Waals surface area contributed by atoms with Crippen LogP contribution in [0.5, 0.6) is 5.75 Å². The maximum atomic E-state index is 11.8. The molecule has 0 fully saturated rings. The number of rotatable bonds is 3. The first-order chi connectivity index (χ1) is 8.65. The maximum absolute atomic E-state index is 11.8. The summed E-state index contributed by atoms with van der Waals surface area (Å²) < 4.78 is 10.0. The molecule has 94 valence electrons. The Hall–Kier alpha value is -1.88. The van der Waals surface area contributed by atoms with Crippen molar-refractivity contribution in [3.8, 4) is 5.75 Å². The molecule has 1 heterocycles. The van der Waals surface area contributed by atoms with Gasteiger partial charge in [0.05, 0.1) is 19.2 Å². The first kappa shape index (κ1) is 12.6. The minimum atomic E-state index is -0.528. The Morgan fingerprint density at radius 2 is 2.17 bits per heavy atom. The quantitative estimate of drug-likeness (QED) is 0.631. The Morgan fingerprint density at radius 3 is 2.83 bits per heavy atom. The van der Waals surface area contributed by atoms with E-state index < -0.39 is 5.97 Å². The van der Waals surface area contributed by atoms with E-state index in [0.29, 0.717) is 16.7 Å². The number of methoxy groups -OCH3 is 1. The number of nitrogens with zero attached hydrogens (tertiary/aromatic N) is 2. The summed E-state index contributed by atoms with van der Waals surface area (Å²) in [6.45, 7) is 2.00. The lowest BCUT2D eigenvalue weighted by Gasteiger charge is -2.07. The van der Waals surface area contributed by atoms with E-state index in [1.807, 2.05) is 0 Å². The summed E-state index contributed by atoms with van der Waals surface area (Å²) in [4.78, 5) is 19.8. The first-order valence-electron chi connectivity index (χ1n) is 5.34. The molecule has 0 radical (unpaired) electrons. The second kappa shape index (κ2) is 5.18.